The zero-order valence-corrected chi connectivity index (χ0v) is 14.6. The van der Waals surface area contributed by atoms with Crippen LogP contribution in [-0.4, -0.2) is 40.1 Å². The molecule has 0 spiro atoms. The first-order chi connectivity index (χ1) is 11.9. The quantitative estimate of drug-likeness (QED) is 0.923. The van der Waals surface area contributed by atoms with Gasteiger partial charge in [-0.2, -0.15) is 0 Å². The molecule has 2 heterocycles. The second kappa shape index (κ2) is 6.70. The van der Waals surface area contributed by atoms with Gasteiger partial charge in [-0.15, -0.1) is 0 Å². The lowest BCUT2D eigenvalue weighted by Gasteiger charge is -2.17. The molecular formula is C19H22N2O4. The van der Waals surface area contributed by atoms with Gasteiger partial charge in [-0.25, -0.2) is 0 Å². The van der Waals surface area contributed by atoms with E-state index in [-0.39, 0.29) is 24.3 Å². The number of carbonyl (C=O) groups is 2. The predicted octanol–water partition coefficient (Wildman–Crippen LogP) is 3.05. The molecule has 0 bridgehead atoms. The Kier molecular flexibility index (Phi) is 4.61. The van der Waals surface area contributed by atoms with E-state index in [1.54, 1.807) is 11.8 Å². The molecule has 132 valence electrons. The summed E-state index contributed by atoms with van der Waals surface area (Å²) in [7, 11) is 0. The summed E-state index contributed by atoms with van der Waals surface area (Å²) < 4.78 is 5.31. The molecule has 6 heteroatoms. The van der Waals surface area contributed by atoms with Crippen molar-refractivity contribution < 1.29 is 19.2 Å². The third-order valence-corrected chi connectivity index (χ3v) is 4.78. The topological polar surface area (TPSA) is 83.6 Å². The molecule has 1 aromatic carbocycles. The average Bonchev–Trinajstić information content (AvgIpc) is 3.19. The number of carboxylic acid groups (broad SMARTS) is 1. The third-order valence-electron chi connectivity index (χ3n) is 4.78. The van der Waals surface area contributed by atoms with Crippen LogP contribution in [0.2, 0.25) is 0 Å². The summed E-state index contributed by atoms with van der Waals surface area (Å²) in [6, 6.07) is 9.50. The van der Waals surface area contributed by atoms with E-state index in [1.807, 2.05) is 44.2 Å². The third kappa shape index (κ3) is 3.16. The van der Waals surface area contributed by atoms with Gasteiger partial charge in [-0.1, -0.05) is 49.3 Å². The number of likely N-dealkylation sites (tertiary alicyclic amines) is 1. The van der Waals surface area contributed by atoms with E-state index in [1.165, 1.54) is 0 Å². The van der Waals surface area contributed by atoms with Crippen LogP contribution in [0.4, 0.5) is 0 Å². The first-order valence-electron chi connectivity index (χ1n) is 8.43. The molecule has 2 atom stereocenters. The lowest BCUT2D eigenvalue weighted by atomic mass is 9.89. The SMILES string of the molecule is Cc1noc(C(C)C)c1C(=O)N1C[C@H](C(=O)O)[C@H](c2ccccc2)C1. The maximum absolute atomic E-state index is 13.0. The summed E-state index contributed by atoms with van der Waals surface area (Å²) in [6.45, 7) is 6.18. The molecule has 0 saturated carbocycles. The predicted molar refractivity (Wildman–Crippen MR) is 91.5 cm³/mol. The van der Waals surface area contributed by atoms with Crippen LogP contribution in [0.1, 0.15) is 53.1 Å². The van der Waals surface area contributed by atoms with Crippen molar-refractivity contribution >= 4 is 11.9 Å². The lowest BCUT2D eigenvalue weighted by Crippen LogP contribution is -2.30. The van der Waals surface area contributed by atoms with Crippen LogP contribution in [0.3, 0.4) is 0 Å². The smallest absolute Gasteiger partial charge is 0.308 e. The Bertz CT molecular complexity index is 782. The fourth-order valence-electron chi connectivity index (χ4n) is 3.46. The molecule has 1 amide bonds. The summed E-state index contributed by atoms with van der Waals surface area (Å²) >= 11 is 0. The molecule has 1 aromatic heterocycles. The minimum atomic E-state index is -0.879. The van der Waals surface area contributed by atoms with Crippen molar-refractivity contribution in [3.05, 3.63) is 52.9 Å². The molecule has 0 radical (unpaired) electrons. The van der Waals surface area contributed by atoms with Crippen molar-refractivity contribution in [3.63, 3.8) is 0 Å². The van der Waals surface area contributed by atoms with Crippen molar-refractivity contribution in [1.29, 1.82) is 0 Å². The van der Waals surface area contributed by atoms with Gasteiger partial charge in [-0.05, 0) is 12.5 Å². The molecular weight excluding hydrogens is 320 g/mol. The van der Waals surface area contributed by atoms with Gasteiger partial charge in [0, 0.05) is 24.9 Å². The van der Waals surface area contributed by atoms with Gasteiger partial charge in [0.05, 0.1) is 11.6 Å². The minimum Gasteiger partial charge on any atom is -0.481 e. The average molecular weight is 342 g/mol. The molecule has 1 aliphatic rings. The fraction of sp³-hybridized carbons (Fsp3) is 0.421. The molecule has 1 saturated heterocycles. The highest BCUT2D eigenvalue weighted by atomic mass is 16.5. The highest BCUT2D eigenvalue weighted by molar-refractivity contribution is 5.97. The minimum absolute atomic E-state index is 0.0305. The number of amides is 1. The largest absolute Gasteiger partial charge is 0.481 e. The Morgan fingerprint density at radius 3 is 2.52 bits per heavy atom. The fourth-order valence-corrected chi connectivity index (χ4v) is 3.46. The van der Waals surface area contributed by atoms with Gasteiger partial charge in [0.25, 0.3) is 5.91 Å². The van der Waals surface area contributed by atoms with Crippen LogP contribution < -0.4 is 0 Å². The van der Waals surface area contributed by atoms with Crippen LogP contribution in [0.15, 0.2) is 34.9 Å². The van der Waals surface area contributed by atoms with Crippen molar-refractivity contribution in [2.75, 3.05) is 13.1 Å². The van der Waals surface area contributed by atoms with Crippen LogP contribution in [0.25, 0.3) is 0 Å². The number of rotatable bonds is 4. The van der Waals surface area contributed by atoms with Gasteiger partial charge >= 0.3 is 5.97 Å². The van der Waals surface area contributed by atoms with Crippen molar-refractivity contribution in [2.45, 2.75) is 32.6 Å². The molecule has 0 unspecified atom stereocenters. The second-order valence-electron chi connectivity index (χ2n) is 6.83. The summed E-state index contributed by atoms with van der Waals surface area (Å²) in [5, 5.41) is 13.5. The molecule has 3 rings (SSSR count). The number of hydrogen-bond donors (Lipinski definition) is 1. The summed E-state index contributed by atoms with van der Waals surface area (Å²) in [5.74, 6) is -1.33. The zero-order valence-electron chi connectivity index (χ0n) is 14.6. The number of aromatic nitrogens is 1. The molecule has 1 N–H and O–H groups in total. The standard InChI is InChI=1S/C19H22N2O4/c1-11(2)17-16(12(3)20-25-17)18(22)21-9-14(15(10-21)19(23)24)13-7-5-4-6-8-13/h4-8,11,14-15H,9-10H2,1-3H3,(H,23,24)/t14-,15-/m0/s1. The van der Waals surface area contributed by atoms with Gasteiger partial charge in [-0.3, -0.25) is 9.59 Å². The Morgan fingerprint density at radius 2 is 1.92 bits per heavy atom. The number of aliphatic carboxylic acids is 1. The van der Waals surface area contributed by atoms with Gasteiger partial charge < -0.3 is 14.5 Å². The van der Waals surface area contributed by atoms with Crippen LogP contribution in [0, 0.1) is 12.8 Å². The highest BCUT2D eigenvalue weighted by Gasteiger charge is 2.42. The van der Waals surface area contributed by atoms with Gasteiger partial charge in [0.15, 0.2) is 5.76 Å². The van der Waals surface area contributed by atoms with Crippen molar-refractivity contribution in [2.24, 2.45) is 5.92 Å². The van der Waals surface area contributed by atoms with E-state index < -0.39 is 11.9 Å². The van der Waals surface area contributed by atoms with E-state index in [0.717, 1.165) is 5.56 Å². The normalized spacial score (nSPS) is 20.2. The number of hydrogen-bond acceptors (Lipinski definition) is 4. The number of nitrogens with zero attached hydrogens (tertiary/aromatic N) is 2. The van der Waals surface area contributed by atoms with E-state index in [4.69, 9.17) is 4.52 Å². The van der Waals surface area contributed by atoms with E-state index in [2.05, 4.69) is 5.16 Å². The van der Waals surface area contributed by atoms with Crippen LogP contribution >= 0.6 is 0 Å². The number of benzene rings is 1. The Balaban J connectivity index is 1.91. The molecule has 1 fully saturated rings. The monoisotopic (exact) mass is 342 g/mol. The highest BCUT2D eigenvalue weighted by Crippen LogP contribution is 2.35. The summed E-state index contributed by atoms with van der Waals surface area (Å²) in [4.78, 5) is 26.4. The van der Waals surface area contributed by atoms with E-state index in [9.17, 15) is 14.7 Å². The van der Waals surface area contributed by atoms with Gasteiger partial charge in [0.2, 0.25) is 0 Å². The number of aryl methyl sites for hydroxylation is 1. The number of carboxylic acids is 1. The maximum atomic E-state index is 13.0. The Labute approximate surface area is 146 Å². The molecule has 6 nitrogen and oxygen atoms in total. The Hall–Kier alpha value is -2.63. The first-order valence-corrected chi connectivity index (χ1v) is 8.43. The molecule has 25 heavy (non-hydrogen) atoms. The number of carbonyl (C=O) groups excluding carboxylic acids is 1. The van der Waals surface area contributed by atoms with Crippen molar-refractivity contribution in [3.8, 4) is 0 Å². The second-order valence-corrected chi connectivity index (χ2v) is 6.83. The van der Waals surface area contributed by atoms with Crippen LogP contribution in [0.5, 0.6) is 0 Å². The van der Waals surface area contributed by atoms with E-state index in [0.29, 0.717) is 23.6 Å². The maximum Gasteiger partial charge on any atom is 0.308 e. The molecule has 1 aliphatic heterocycles. The van der Waals surface area contributed by atoms with Gasteiger partial charge in [0.1, 0.15) is 5.56 Å². The molecule has 2 aromatic rings. The first kappa shape index (κ1) is 17.2. The lowest BCUT2D eigenvalue weighted by molar-refractivity contribution is -0.141. The summed E-state index contributed by atoms with van der Waals surface area (Å²) in [6.07, 6.45) is 0. The molecule has 0 aliphatic carbocycles. The van der Waals surface area contributed by atoms with Crippen LogP contribution in [-0.2, 0) is 4.79 Å². The zero-order chi connectivity index (χ0) is 18.1. The Morgan fingerprint density at radius 1 is 1.24 bits per heavy atom. The van der Waals surface area contributed by atoms with Crippen molar-refractivity contribution in [1.82, 2.24) is 10.1 Å². The van der Waals surface area contributed by atoms with E-state index >= 15 is 0 Å². The summed E-state index contributed by atoms with van der Waals surface area (Å²) in [5.41, 5.74) is 1.95.